The molecule has 0 aromatic carbocycles. The second kappa shape index (κ2) is 3.94. The average Bonchev–Trinajstić information content (AvgIpc) is 1.88. The van der Waals surface area contributed by atoms with Gasteiger partial charge in [0.2, 0.25) is 0 Å². The molecule has 0 spiro atoms. The first-order valence-corrected chi connectivity index (χ1v) is 3.29. The van der Waals surface area contributed by atoms with Gasteiger partial charge in [0.25, 0.3) is 0 Å². The smallest absolute Gasteiger partial charge is 0 e. The van der Waals surface area contributed by atoms with Gasteiger partial charge in [-0.2, -0.15) is 0 Å². The Morgan fingerprint density at radius 2 is 2.00 bits per heavy atom. The predicted molar refractivity (Wildman–Crippen MR) is 39.6 cm³/mol. The van der Waals surface area contributed by atoms with Crippen molar-refractivity contribution in [2.45, 2.75) is 26.2 Å². The van der Waals surface area contributed by atoms with E-state index in [1.54, 1.807) is 0 Å². The summed E-state index contributed by atoms with van der Waals surface area (Å²) in [5.74, 6) is 0. The Labute approximate surface area is 81.1 Å². The maximum absolute atomic E-state index is 4.11. The Morgan fingerprint density at radius 1 is 1.36 bits per heavy atom. The van der Waals surface area contributed by atoms with Crippen molar-refractivity contribution in [1.82, 2.24) is 9.97 Å². The van der Waals surface area contributed by atoms with Crippen LogP contribution in [0.15, 0.2) is 12.4 Å². The molecule has 0 unspecified atom stereocenters. The minimum absolute atomic E-state index is 0. The molecule has 0 aliphatic carbocycles. The normalized spacial score (nSPS) is 10.5. The van der Waals surface area contributed by atoms with Crippen LogP contribution in [-0.2, 0) is 25.8 Å². The molecule has 0 aliphatic rings. The summed E-state index contributed by atoms with van der Waals surface area (Å²) < 4.78 is 0. The SMILES string of the molecule is CC(C)(C)c1c[c-]ncn1.[Re]. The molecule has 0 aliphatic heterocycles. The molecule has 1 aromatic heterocycles. The Balaban J connectivity index is 0.000001000. The van der Waals surface area contributed by atoms with E-state index in [9.17, 15) is 0 Å². The molecule has 0 amide bonds. The van der Waals surface area contributed by atoms with Crippen molar-refractivity contribution in [2.75, 3.05) is 0 Å². The largest absolute Gasteiger partial charge is 0.376 e. The molecule has 3 heteroatoms. The van der Waals surface area contributed by atoms with E-state index in [-0.39, 0.29) is 25.8 Å². The molecule has 0 saturated carbocycles. The summed E-state index contributed by atoms with van der Waals surface area (Å²) in [6.07, 6.45) is 4.28. The molecule has 61 valence electrons. The number of hydrogen-bond acceptors (Lipinski definition) is 2. The van der Waals surface area contributed by atoms with Crippen molar-refractivity contribution < 1.29 is 20.4 Å². The number of aromatic nitrogens is 2. The average molecular weight is 321 g/mol. The third-order valence-electron chi connectivity index (χ3n) is 1.30. The zero-order valence-corrected chi connectivity index (χ0v) is 9.64. The first-order chi connectivity index (χ1) is 4.61. The van der Waals surface area contributed by atoms with Gasteiger partial charge in [0.05, 0.1) is 0 Å². The van der Waals surface area contributed by atoms with E-state index < -0.39 is 0 Å². The predicted octanol–water partition coefficient (Wildman–Crippen LogP) is 1.57. The monoisotopic (exact) mass is 322 g/mol. The van der Waals surface area contributed by atoms with Crippen LogP contribution >= 0.6 is 0 Å². The molecular formula is C8H11N2Re-. The first-order valence-electron chi connectivity index (χ1n) is 3.29. The molecule has 2 nitrogen and oxygen atoms in total. The third kappa shape index (κ3) is 3.09. The van der Waals surface area contributed by atoms with Crippen molar-refractivity contribution in [3.63, 3.8) is 0 Å². The fourth-order valence-corrected chi connectivity index (χ4v) is 0.670. The molecule has 1 rings (SSSR count). The van der Waals surface area contributed by atoms with Crippen molar-refractivity contribution >= 4 is 0 Å². The summed E-state index contributed by atoms with van der Waals surface area (Å²) >= 11 is 0. The van der Waals surface area contributed by atoms with Crippen LogP contribution < -0.4 is 0 Å². The van der Waals surface area contributed by atoms with E-state index in [1.807, 2.05) is 6.07 Å². The topological polar surface area (TPSA) is 25.8 Å². The minimum Gasteiger partial charge on any atom is -0.376 e. The molecular weight excluding hydrogens is 310 g/mol. The minimum atomic E-state index is 0. The van der Waals surface area contributed by atoms with Gasteiger partial charge in [-0.25, -0.2) is 0 Å². The van der Waals surface area contributed by atoms with Gasteiger partial charge in [-0.15, -0.1) is 6.07 Å². The Kier molecular flexibility index (Phi) is 3.85. The van der Waals surface area contributed by atoms with E-state index in [2.05, 4.69) is 36.9 Å². The van der Waals surface area contributed by atoms with Crippen molar-refractivity contribution in [1.29, 1.82) is 0 Å². The standard InChI is InChI=1S/C8H11N2.Re/c1-8(2,3)7-4-5-9-6-10-7;/h4,6H,1-3H3;/q-1;. The summed E-state index contributed by atoms with van der Waals surface area (Å²) in [5, 5.41) is 0. The summed E-state index contributed by atoms with van der Waals surface area (Å²) in [4.78, 5) is 7.83. The van der Waals surface area contributed by atoms with Gasteiger partial charge in [-0.3, -0.25) is 0 Å². The van der Waals surface area contributed by atoms with Gasteiger partial charge in [-0.1, -0.05) is 32.7 Å². The van der Waals surface area contributed by atoms with Crippen molar-refractivity contribution in [2.24, 2.45) is 0 Å². The fraction of sp³-hybridized carbons (Fsp3) is 0.500. The molecule has 11 heavy (non-hydrogen) atoms. The summed E-state index contributed by atoms with van der Waals surface area (Å²) in [6.45, 7) is 6.34. The second-order valence-electron chi connectivity index (χ2n) is 3.28. The van der Waals surface area contributed by atoms with Gasteiger partial charge in [0.15, 0.2) is 0 Å². The number of rotatable bonds is 0. The van der Waals surface area contributed by atoms with Crippen molar-refractivity contribution in [3.05, 3.63) is 24.3 Å². The van der Waals surface area contributed by atoms with Gasteiger partial charge in [0, 0.05) is 20.4 Å². The number of nitrogens with zero attached hydrogens (tertiary/aromatic N) is 2. The molecule has 0 atom stereocenters. The Morgan fingerprint density at radius 3 is 2.27 bits per heavy atom. The van der Waals surface area contributed by atoms with Crippen LogP contribution in [0.5, 0.6) is 0 Å². The Bertz CT molecular complexity index is 203. The fourth-order valence-electron chi connectivity index (χ4n) is 0.670. The van der Waals surface area contributed by atoms with Crippen LogP contribution in [0.1, 0.15) is 26.5 Å². The number of hydrogen-bond donors (Lipinski definition) is 0. The van der Waals surface area contributed by atoms with Crippen molar-refractivity contribution in [3.8, 4) is 0 Å². The van der Waals surface area contributed by atoms with Crippen LogP contribution in [-0.4, -0.2) is 9.97 Å². The van der Waals surface area contributed by atoms with Crippen LogP contribution in [0, 0.1) is 6.20 Å². The van der Waals surface area contributed by atoms with Gasteiger partial charge >= 0.3 is 0 Å². The van der Waals surface area contributed by atoms with Gasteiger partial charge in [0.1, 0.15) is 0 Å². The molecule has 0 saturated heterocycles. The zero-order valence-electron chi connectivity index (χ0n) is 6.93. The molecule has 1 aromatic rings. The molecule has 1 heterocycles. The second-order valence-corrected chi connectivity index (χ2v) is 3.28. The van der Waals surface area contributed by atoms with Gasteiger partial charge < -0.3 is 9.97 Å². The summed E-state index contributed by atoms with van der Waals surface area (Å²) in [6, 6.07) is 1.82. The Hall–Kier alpha value is -0.258. The van der Waals surface area contributed by atoms with E-state index in [4.69, 9.17) is 0 Å². The van der Waals surface area contributed by atoms with E-state index in [1.165, 1.54) is 6.33 Å². The molecule has 0 N–H and O–H groups in total. The molecule has 0 bridgehead atoms. The summed E-state index contributed by atoms with van der Waals surface area (Å²) in [7, 11) is 0. The van der Waals surface area contributed by atoms with Crippen LogP contribution in [0.3, 0.4) is 0 Å². The molecule has 0 fully saturated rings. The van der Waals surface area contributed by atoms with E-state index >= 15 is 0 Å². The quantitative estimate of drug-likeness (QED) is 0.678. The van der Waals surface area contributed by atoms with Crippen LogP contribution in [0.4, 0.5) is 0 Å². The first kappa shape index (κ1) is 10.7. The molecule has 1 radical (unpaired) electrons. The third-order valence-corrected chi connectivity index (χ3v) is 1.30. The maximum atomic E-state index is 4.11. The van der Waals surface area contributed by atoms with E-state index in [0.717, 1.165) is 5.69 Å². The van der Waals surface area contributed by atoms with Crippen LogP contribution in [0.2, 0.25) is 0 Å². The zero-order chi connectivity index (χ0) is 7.61. The van der Waals surface area contributed by atoms with Gasteiger partial charge in [-0.05, 0) is 11.7 Å². The maximum Gasteiger partial charge on any atom is 0 e. The summed E-state index contributed by atoms with van der Waals surface area (Å²) in [5.41, 5.74) is 1.14. The van der Waals surface area contributed by atoms with E-state index in [0.29, 0.717) is 0 Å². The van der Waals surface area contributed by atoms with Crippen LogP contribution in [0.25, 0.3) is 0 Å².